The standard InChI is InChI=1S/C18H17Cl2N3O/c1-12-2-4-14(5-3-12)18-23-22-17(24-18)11-21-9-8-13-6-7-15(19)10-16(13)20/h2-7,10,21H,8-9,11H2,1H3. The van der Waals surface area contributed by atoms with Crippen LogP contribution in [0.1, 0.15) is 17.0 Å². The molecule has 3 rings (SSSR count). The van der Waals surface area contributed by atoms with Crippen LogP contribution in [0.2, 0.25) is 10.0 Å². The first-order valence-electron chi connectivity index (χ1n) is 7.66. The molecule has 4 nitrogen and oxygen atoms in total. The number of benzene rings is 2. The SMILES string of the molecule is Cc1ccc(-c2nnc(CNCCc3ccc(Cl)cc3Cl)o2)cc1. The minimum atomic E-state index is 0.518. The first kappa shape index (κ1) is 17.0. The second-order valence-electron chi connectivity index (χ2n) is 5.53. The van der Waals surface area contributed by atoms with Crippen LogP contribution in [0, 0.1) is 6.92 Å². The van der Waals surface area contributed by atoms with Crippen molar-refractivity contribution < 1.29 is 4.42 Å². The number of halogens is 2. The van der Waals surface area contributed by atoms with E-state index >= 15 is 0 Å². The molecule has 0 amide bonds. The zero-order valence-electron chi connectivity index (χ0n) is 13.2. The second kappa shape index (κ2) is 7.79. The molecule has 0 aliphatic carbocycles. The Labute approximate surface area is 150 Å². The molecule has 0 aliphatic rings. The highest BCUT2D eigenvalue weighted by atomic mass is 35.5. The summed E-state index contributed by atoms with van der Waals surface area (Å²) in [6.45, 7) is 3.31. The summed E-state index contributed by atoms with van der Waals surface area (Å²) in [4.78, 5) is 0. The Morgan fingerprint density at radius 2 is 1.83 bits per heavy atom. The van der Waals surface area contributed by atoms with Crippen LogP contribution >= 0.6 is 23.2 Å². The van der Waals surface area contributed by atoms with Gasteiger partial charge >= 0.3 is 0 Å². The van der Waals surface area contributed by atoms with E-state index in [0.29, 0.717) is 28.4 Å². The normalized spacial score (nSPS) is 11.0. The third-order valence-corrected chi connectivity index (χ3v) is 4.21. The Bertz CT molecular complexity index is 815. The number of nitrogens with one attached hydrogen (secondary N) is 1. The molecule has 1 aromatic heterocycles. The molecule has 0 unspecified atom stereocenters. The van der Waals surface area contributed by atoms with E-state index in [-0.39, 0.29) is 0 Å². The average Bonchev–Trinajstić information content (AvgIpc) is 3.03. The van der Waals surface area contributed by atoms with Crippen molar-refractivity contribution in [2.24, 2.45) is 0 Å². The zero-order chi connectivity index (χ0) is 16.9. The van der Waals surface area contributed by atoms with Crippen LogP contribution in [-0.2, 0) is 13.0 Å². The molecule has 24 heavy (non-hydrogen) atoms. The van der Waals surface area contributed by atoms with Crippen LogP contribution in [0.3, 0.4) is 0 Å². The molecule has 0 fully saturated rings. The minimum absolute atomic E-state index is 0.518. The van der Waals surface area contributed by atoms with Crippen LogP contribution in [0.15, 0.2) is 46.9 Å². The molecule has 6 heteroatoms. The Morgan fingerprint density at radius 1 is 1.04 bits per heavy atom. The summed E-state index contributed by atoms with van der Waals surface area (Å²) >= 11 is 12.0. The van der Waals surface area contributed by atoms with E-state index in [1.807, 2.05) is 43.3 Å². The molecule has 0 bridgehead atoms. The van der Waals surface area contributed by atoms with Crippen LogP contribution in [0.5, 0.6) is 0 Å². The minimum Gasteiger partial charge on any atom is -0.419 e. The van der Waals surface area contributed by atoms with Crippen molar-refractivity contribution in [2.75, 3.05) is 6.54 Å². The van der Waals surface area contributed by atoms with E-state index in [4.69, 9.17) is 27.6 Å². The van der Waals surface area contributed by atoms with E-state index in [1.54, 1.807) is 6.07 Å². The summed E-state index contributed by atoms with van der Waals surface area (Å²) in [6, 6.07) is 13.5. The molecule has 0 atom stereocenters. The van der Waals surface area contributed by atoms with Crippen molar-refractivity contribution >= 4 is 23.2 Å². The van der Waals surface area contributed by atoms with Crippen LogP contribution < -0.4 is 5.32 Å². The molecule has 0 saturated carbocycles. The monoisotopic (exact) mass is 361 g/mol. The fourth-order valence-corrected chi connectivity index (χ4v) is 2.78. The Balaban J connectivity index is 1.51. The third-order valence-electron chi connectivity index (χ3n) is 3.63. The third kappa shape index (κ3) is 4.35. The second-order valence-corrected chi connectivity index (χ2v) is 6.37. The van der Waals surface area contributed by atoms with Gasteiger partial charge in [0.05, 0.1) is 6.54 Å². The molecule has 0 saturated heterocycles. The van der Waals surface area contributed by atoms with Gasteiger partial charge in [-0.15, -0.1) is 10.2 Å². The van der Waals surface area contributed by atoms with Crippen molar-refractivity contribution in [1.82, 2.24) is 15.5 Å². The van der Waals surface area contributed by atoms with Gasteiger partial charge in [-0.2, -0.15) is 0 Å². The summed E-state index contributed by atoms with van der Waals surface area (Å²) in [5.74, 6) is 1.10. The van der Waals surface area contributed by atoms with Crippen molar-refractivity contribution in [3.8, 4) is 11.5 Å². The fourth-order valence-electron chi connectivity index (χ4n) is 2.28. The summed E-state index contributed by atoms with van der Waals surface area (Å²) in [5, 5.41) is 12.8. The molecular formula is C18H17Cl2N3O. The summed E-state index contributed by atoms with van der Waals surface area (Å²) < 4.78 is 5.67. The first-order chi connectivity index (χ1) is 11.6. The zero-order valence-corrected chi connectivity index (χ0v) is 14.7. The van der Waals surface area contributed by atoms with Crippen LogP contribution in [-0.4, -0.2) is 16.7 Å². The lowest BCUT2D eigenvalue weighted by Gasteiger charge is -2.05. The van der Waals surface area contributed by atoms with Gasteiger partial charge in [0, 0.05) is 15.6 Å². The van der Waals surface area contributed by atoms with E-state index in [2.05, 4.69) is 15.5 Å². The van der Waals surface area contributed by atoms with Gasteiger partial charge in [0.15, 0.2) is 0 Å². The predicted octanol–water partition coefficient (Wildman–Crippen LogP) is 4.68. The lowest BCUT2D eigenvalue weighted by Crippen LogP contribution is -2.17. The summed E-state index contributed by atoms with van der Waals surface area (Å²) in [5.41, 5.74) is 3.17. The summed E-state index contributed by atoms with van der Waals surface area (Å²) in [6.07, 6.45) is 0.801. The number of nitrogens with zero attached hydrogens (tertiary/aromatic N) is 2. The predicted molar refractivity (Wildman–Crippen MR) is 96.3 cm³/mol. The fraction of sp³-hybridized carbons (Fsp3) is 0.222. The number of hydrogen-bond donors (Lipinski definition) is 1. The Kier molecular flexibility index (Phi) is 5.51. The van der Waals surface area contributed by atoms with Crippen molar-refractivity contribution in [1.29, 1.82) is 0 Å². The summed E-state index contributed by atoms with van der Waals surface area (Å²) in [7, 11) is 0. The van der Waals surface area contributed by atoms with E-state index in [0.717, 1.165) is 24.1 Å². The van der Waals surface area contributed by atoms with Gasteiger partial charge in [-0.3, -0.25) is 0 Å². The maximum absolute atomic E-state index is 6.15. The van der Waals surface area contributed by atoms with Crippen molar-refractivity contribution in [3.63, 3.8) is 0 Å². The molecule has 1 heterocycles. The van der Waals surface area contributed by atoms with E-state index < -0.39 is 0 Å². The van der Waals surface area contributed by atoms with Crippen LogP contribution in [0.4, 0.5) is 0 Å². The van der Waals surface area contributed by atoms with Gasteiger partial charge in [0.1, 0.15) is 0 Å². The quantitative estimate of drug-likeness (QED) is 0.647. The molecule has 2 aromatic carbocycles. The van der Waals surface area contributed by atoms with Gasteiger partial charge in [-0.25, -0.2) is 0 Å². The molecule has 3 aromatic rings. The Hall–Kier alpha value is -1.88. The molecule has 0 aliphatic heterocycles. The van der Waals surface area contributed by atoms with Gasteiger partial charge < -0.3 is 9.73 Å². The van der Waals surface area contributed by atoms with Crippen LogP contribution in [0.25, 0.3) is 11.5 Å². The average molecular weight is 362 g/mol. The van der Waals surface area contributed by atoms with Crippen molar-refractivity contribution in [3.05, 3.63) is 69.5 Å². The van der Waals surface area contributed by atoms with Crippen molar-refractivity contribution in [2.45, 2.75) is 19.9 Å². The highest BCUT2D eigenvalue weighted by molar-refractivity contribution is 6.35. The van der Waals surface area contributed by atoms with Gasteiger partial charge in [0.25, 0.3) is 0 Å². The first-order valence-corrected chi connectivity index (χ1v) is 8.41. The molecule has 0 spiro atoms. The maximum Gasteiger partial charge on any atom is 0.247 e. The van der Waals surface area contributed by atoms with Gasteiger partial charge in [0.2, 0.25) is 11.8 Å². The molecule has 124 valence electrons. The largest absolute Gasteiger partial charge is 0.419 e. The van der Waals surface area contributed by atoms with E-state index in [1.165, 1.54) is 5.56 Å². The number of hydrogen-bond acceptors (Lipinski definition) is 4. The molecule has 1 N–H and O–H groups in total. The topological polar surface area (TPSA) is 51.0 Å². The highest BCUT2D eigenvalue weighted by Gasteiger charge is 2.08. The molecular weight excluding hydrogens is 345 g/mol. The number of aromatic nitrogens is 2. The number of rotatable bonds is 6. The Morgan fingerprint density at radius 3 is 2.58 bits per heavy atom. The van der Waals surface area contributed by atoms with Gasteiger partial charge in [-0.05, 0) is 49.7 Å². The van der Waals surface area contributed by atoms with Gasteiger partial charge in [-0.1, -0.05) is 47.0 Å². The van der Waals surface area contributed by atoms with E-state index in [9.17, 15) is 0 Å². The highest BCUT2D eigenvalue weighted by Crippen LogP contribution is 2.21. The number of aryl methyl sites for hydroxylation is 1. The maximum atomic E-state index is 6.15. The lowest BCUT2D eigenvalue weighted by atomic mass is 10.1. The smallest absolute Gasteiger partial charge is 0.247 e. The molecule has 0 radical (unpaired) electrons. The lowest BCUT2D eigenvalue weighted by molar-refractivity contribution is 0.478.